The van der Waals surface area contributed by atoms with Gasteiger partial charge in [-0.2, -0.15) is 5.10 Å². The van der Waals surface area contributed by atoms with E-state index in [-0.39, 0.29) is 12.4 Å². The number of primary sulfonamides is 1. The van der Waals surface area contributed by atoms with Crippen molar-refractivity contribution in [3.8, 4) is 0 Å². The van der Waals surface area contributed by atoms with Gasteiger partial charge in [0.2, 0.25) is 10.0 Å². The summed E-state index contributed by atoms with van der Waals surface area (Å²) in [7, 11) is -3.40. The fraction of sp³-hybridized carbons (Fsp3) is 0.625. The molecule has 1 aromatic rings. The van der Waals surface area contributed by atoms with Crippen molar-refractivity contribution in [3.63, 3.8) is 0 Å². The first-order chi connectivity index (χ1) is 7.51. The molecule has 0 amide bonds. The van der Waals surface area contributed by atoms with Crippen molar-refractivity contribution >= 4 is 10.0 Å². The van der Waals surface area contributed by atoms with Crippen LogP contribution in [0, 0.1) is 0 Å². The van der Waals surface area contributed by atoms with Crippen LogP contribution in [0.1, 0.15) is 5.56 Å². The summed E-state index contributed by atoms with van der Waals surface area (Å²) in [5.74, 6) is -0.0855. The number of sulfonamides is 1. The molecule has 7 nitrogen and oxygen atoms in total. The highest BCUT2D eigenvalue weighted by atomic mass is 32.2. The van der Waals surface area contributed by atoms with Crippen molar-refractivity contribution in [2.45, 2.75) is 13.1 Å². The molecule has 92 valence electrons. The van der Waals surface area contributed by atoms with Crippen LogP contribution in [-0.4, -0.2) is 42.2 Å². The Labute approximate surface area is 94.3 Å². The summed E-state index contributed by atoms with van der Waals surface area (Å²) in [5.41, 5.74) is 0.933. The van der Waals surface area contributed by atoms with Crippen molar-refractivity contribution in [1.82, 2.24) is 15.1 Å². The summed E-state index contributed by atoms with van der Waals surface area (Å²) in [5, 5.41) is 20.5. The molecule has 8 heteroatoms. The van der Waals surface area contributed by atoms with Gasteiger partial charge in [-0.1, -0.05) is 0 Å². The molecule has 0 fully saturated rings. The molecule has 4 N–H and O–H groups in total. The van der Waals surface area contributed by atoms with Gasteiger partial charge < -0.3 is 10.4 Å². The summed E-state index contributed by atoms with van der Waals surface area (Å²) in [6.07, 6.45) is 3.46. The van der Waals surface area contributed by atoms with E-state index in [0.29, 0.717) is 19.6 Å². The van der Waals surface area contributed by atoms with Crippen LogP contribution >= 0.6 is 0 Å². The maximum absolute atomic E-state index is 10.6. The van der Waals surface area contributed by atoms with Crippen molar-refractivity contribution in [3.05, 3.63) is 18.0 Å². The van der Waals surface area contributed by atoms with Crippen molar-refractivity contribution < 1.29 is 13.5 Å². The molecule has 0 spiro atoms. The molecule has 1 aromatic heterocycles. The highest BCUT2D eigenvalue weighted by Gasteiger charge is 2.02. The Morgan fingerprint density at radius 1 is 1.56 bits per heavy atom. The number of rotatable bonds is 7. The lowest BCUT2D eigenvalue weighted by Crippen LogP contribution is -2.26. The summed E-state index contributed by atoms with van der Waals surface area (Å²) in [6, 6.07) is 0. The minimum absolute atomic E-state index is 0.0416. The number of aromatic nitrogens is 2. The molecule has 0 aliphatic heterocycles. The number of hydrogen-bond acceptors (Lipinski definition) is 5. The summed E-state index contributed by atoms with van der Waals surface area (Å²) in [6.45, 7) is 1.34. The van der Waals surface area contributed by atoms with Crippen molar-refractivity contribution in [2.24, 2.45) is 5.14 Å². The number of nitrogens with one attached hydrogen (secondary N) is 1. The Balaban J connectivity index is 2.26. The van der Waals surface area contributed by atoms with E-state index >= 15 is 0 Å². The molecule has 0 saturated heterocycles. The van der Waals surface area contributed by atoms with Crippen molar-refractivity contribution in [2.75, 3.05) is 18.9 Å². The second-order valence-corrected chi connectivity index (χ2v) is 5.11. The van der Waals surface area contributed by atoms with Gasteiger partial charge >= 0.3 is 0 Å². The number of hydrogen-bond donors (Lipinski definition) is 3. The fourth-order valence-corrected chi connectivity index (χ4v) is 1.60. The lowest BCUT2D eigenvalue weighted by atomic mass is 10.3. The molecule has 0 aliphatic carbocycles. The maximum Gasteiger partial charge on any atom is 0.210 e. The smallest absolute Gasteiger partial charge is 0.210 e. The Morgan fingerprint density at radius 3 is 2.94 bits per heavy atom. The first-order valence-corrected chi connectivity index (χ1v) is 6.56. The summed E-state index contributed by atoms with van der Waals surface area (Å²) >= 11 is 0. The molecular formula is C8H16N4O3S. The van der Waals surface area contributed by atoms with Crippen LogP contribution in [0.15, 0.2) is 12.4 Å². The number of aliphatic hydroxyl groups excluding tert-OH is 1. The van der Waals surface area contributed by atoms with Gasteiger partial charge in [-0.05, 0) is 0 Å². The van der Waals surface area contributed by atoms with E-state index in [9.17, 15) is 8.42 Å². The lowest BCUT2D eigenvalue weighted by molar-refractivity contribution is 0.269. The van der Waals surface area contributed by atoms with Gasteiger partial charge in [-0.15, -0.1) is 0 Å². The highest BCUT2D eigenvalue weighted by Crippen LogP contribution is 1.96. The zero-order valence-corrected chi connectivity index (χ0v) is 9.65. The van der Waals surface area contributed by atoms with E-state index in [1.54, 1.807) is 17.1 Å². The van der Waals surface area contributed by atoms with E-state index in [2.05, 4.69) is 10.4 Å². The average Bonchev–Trinajstić information content (AvgIpc) is 2.60. The van der Waals surface area contributed by atoms with E-state index < -0.39 is 10.0 Å². The number of aliphatic hydroxyl groups is 1. The summed E-state index contributed by atoms with van der Waals surface area (Å²) in [4.78, 5) is 0. The van der Waals surface area contributed by atoms with Gasteiger partial charge in [0.15, 0.2) is 0 Å². The molecule has 0 radical (unpaired) electrons. The van der Waals surface area contributed by atoms with Gasteiger partial charge in [0.05, 0.1) is 25.1 Å². The van der Waals surface area contributed by atoms with Crippen LogP contribution in [0.4, 0.5) is 0 Å². The summed E-state index contributed by atoms with van der Waals surface area (Å²) < 4.78 is 22.9. The van der Waals surface area contributed by atoms with Crippen LogP contribution in [0.2, 0.25) is 0 Å². The third-order valence-electron chi connectivity index (χ3n) is 1.91. The SMILES string of the molecule is NS(=O)(=O)CCNCc1cnn(CCO)c1. The predicted molar refractivity (Wildman–Crippen MR) is 59.0 cm³/mol. The number of nitrogens with two attached hydrogens (primary N) is 1. The maximum atomic E-state index is 10.6. The van der Waals surface area contributed by atoms with E-state index in [1.807, 2.05) is 0 Å². The largest absolute Gasteiger partial charge is 0.394 e. The fourth-order valence-electron chi connectivity index (χ4n) is 1.17. The third kappa shape index (κ3) is 5.21. The third-order valence-corrected chi connectivity index (χ3v) is 2.68. The molecule has 1 rings (SSSR count). The Bertz CT molecular complexity index is 415. The topological polar surface area (TPSA) is 110 Å². The normalized spacial score (nSPS) is 11.9. The molecule has 0 atom stereocenters. The molecule has 0 aliphatic rings. The lowest BCUT2D eigenvalue weighted by Gasteiger charge is -2.01. The molecule has 0 aromatic carbocycles. The van der Waals surface area contributed by atoms with Gasteiger partial charge in [-0.3, -0.25) is 4.68 Å². The van der Waals surface area contributed by atoms with Crippen LogP contribution in [0.3, 0.4) is 0 Å². The average molecular weight is 248 g/mol. The Hall–Kier alpha value is -0.960. The van der Waals surface area contributed by atoms with Crippen LogP contribution < -0.4 is 10.5 Å². The quantitative estimate of drug-likeness (QED) is 0.496. The first kappa shape index (κ1) is 13.1. The minimum Gasteiger partial charge on any atom is -0.394 e. The van der Waals surface area contributed by atoms with E-state index in [4.69, 9.17) is 10.2 Å². The van der Waals surface area contributed by atoms with Gasteiger partial charge in [0.1, 0.15) is 0 Å². The molecular weight excluding hydrogens is 232 g/mol. The van der Waals surface area contributed by atoms with Crippen LogP contribution in [0.5, 0.6) is 0 Å². The Kier molecular flexibility index (Phi) is 4.87. The van der Waals surface area contributed by atoms with Gasteiger partial charge in [0.25, 0.3) is 0 Å². The zero-order valence-electron chi connectivity index (χ0n) is 8.83. The standard InChI is InChI=1S/C8H16N4O3S/c9-16(14,15)4-1-10-5-8-6-11-12(7-8)2-3-13/h6-7,10,13H,1-5H2,(H2,9,14,15). The monoisotopic (exact) mass is 248 g/mol. The van der Waals surface area contributed by atoms with Crippen LogP contribution in [0.25, 0.3) is 0 Å². The van der Waals surface area contributed by atoms with Gasteiger partial charge in [0, 0.05) is 24.8 Å². The van der Waals surface area contributed by atoms with E-state index in [1.165, 1.54) is 0 Å². The molecule has 1 heterocycles. The Morgan fingerprint density at radius 2 is 2.31 bits per heavy atom. The second kappa shape index (κ2) is 5.94. The van der Waals surface area contributed by atoms with Crippen molar-refractivity contribution in [1.29, 1.82) is 0 Å². The van der Waals surface area contributed by atoms with E-state index in [0.717, 1.165) is 5.56 Å². The minimum atomic E-state index is -3.40. The second-order valence-electron chi connectivity index (χ2n) is 3.38. The zero-order chi connectivity index (χ0) is 12.0. The highest BCUT2D eigenvalue weighted by molar-refractivity contribution is 7.89. The molecule has 0 bridgehead atoms. The van der Waals surface area contributed by atoms with Crippen LogP contribution in [-0.2, 0) is 23.1 Å². The molecule has 0 saturated carbocycles. The molecule has 0 unspecified atom stereocenters. The molecule has 16 heavy (non-hydrogen) atoms. The number of nitrogens with zero attached hydrogens (tertiary/aromatic N) is 2. The van der Waals surface area contributed by atoms with Gasteiger partial charge in [-0.25, -0.2) is 13.6 Å². The predicted octanol–water partition coefficient (Wildman–Crippen LogP) is -1.75. The first-order valence-electron chi connectivity index (χ1n) is 4.84.